The van der Waals surface area contributed by atoms with Gasteiger partial charge in [0.15, 0.2) is 0 Å². The Labute approximate surface area is 108 Å². The average molecular weight is 249 g/mol. The molecule has 0 saturated heterocycles. The minimum absolute atomic E-state index is 0.294. The molecule has 1 aliphatic rings. The average Bonchev–Trinajstić information content (AvgIpc) is 2.41. The topological polar surface area (TPSA) is 20.3 Å². The third kappa shape index (κ3) is 3.56. The second kappa shape index (κ2) is 6.53. The number of halogens is 1. The van der Waals surface area contributed by atoms with Crippen LogP contribution in [0.5, 0.6) is 0 Å². The van der Waals surface area contributed by atoms with Gasteiger partial charge in [-0.15, -0.1) is 0 Å². The van der Waals surface area contributed by atoms with Gasteiger partial charge in [-0.05, 0) is 30.5 Å². The zero-order valence-corrected chi connectivity index (χ0v) is 10.6. The standard InChI is InChI=1S/C15H20FNO/c16-14-7-4-8-15(11-14)17(12-18)10-9-13-5-2-1-3-6-13/h4,7-8,11-13H,1-3,5-6,9-10H2. The Morgan fingerprint density at radius 2 is 2.06 bits per heavy atom. The van der Waals surface area contributed by atoms with E-state index in [9.17, 15) is 9.18 Å². The maximum Gasteiger partial charge on any atom is 0.214 e. The minimum atomic E-state index is -0.294. The fourth-order valence-electron chi connectivity index (χ4n) is 2.69. The molecule has 0 bridgehead atoms. The van der Waals surface area contributed by atoms with Crippen molar-refractivity contribution in [1.29, 1.82) is 0 Å². The van der Waals surface area contributed by atoms with Crippen LogP contribution >= 0.6 is 0 Å². The van der Waals surface area contributed by atoms with E-state index in [1.165, 1.54) is 44.2 Å². The van der Waals surface area contributed by atoms with Crippen LogP contribution in [-0.4, -0.2) is 13.0 Å². The number of anilines is 1. The highest BCUT2D eigenvalue weighted by Gasteiger charge is 2.15. The predicted octanol–water partition coefficient (Wildman–Crippen LogP) is 3.76. The summed E-state index contributed by atoms with van der Waals surface area (Å²) in [5.74, 6) is 0.437. The fraction of sp³-hybridized carbons (Fsp3) is 0.533. The molecular weight excluding hydrogens is 229 g/mol. The second-order valence-corrected chi connectivity index (χ2v) is 5.07. The van der Waals surface area contributed by atoms with Crippen LogP contribution in [0.4, 0.5) is 10.1 Å². The van der Waals surface area contributed by atoms with Crippen LogP contribution in [-0.2, 0) is 4.79 Å². The lowest BCUT2D eigenvalue weighted by Crippen LogP contribution is -2.25. The summed E-state index contributed by atoms with van der Waals surface area (Å²) in [7, 11) is 0. The molecule has 2 rings (SSSR count). The largest absolute Gasteiger partial charge is 0.315 e. The Bertz CT molecular complexity index is 388. The van der Waals surface area contributed by atoms with E-state index < -0.39 is 0 Å². The minimum Gasteiger partial charge on any atom is -0.315 e. The van der Waals surface area contributed by atoms with Gasteiger partial charge < -0.3 is 4.90 Å². The fourth-order valence-corrected chi connectivity index (χ4v) is 2.69. The first kappa shape index (κ1) is 13.1. The highest BCUT2D eigenvalue weighted by atomic mass is 19.1. The number of nitrogens with zero attached hydrogens (tertiary/aromatic N) is 1. The van der Waals surface area contributed by atoms with Gasteiger partial charge in [-0.2, -0.15) is 0 Å². The maximum absolute atomic E-state index is 13.1. The molecule has 1 amide bonds. The van der Waals surface area contributed by atoms with E-state index in [0.29, 0.717) is 12.2 Å². The van der Waals surface area contributed by atoms with Crippen molar-refractivity contribution < 1.29 is 9.18 Å². The number of hydrogen-bond acceptors (Lipinski definition) is 1. The summed E-state index contributed by atoms with van der Waals surface area (Å²) in [6, 6.07) is 6.23. The van der Waals surface area contributed by atoms with Crippen LogP contribution in [0.2, 0.25) is 0 Å². The van der Waals surface area contributed by atoms with Crippen molar-refractivity contribution in [1.82, 2.24) is 0 Å². The molecule has 98 valence electrons. The lowest BCUT2D eigenvalue weighted by molar-refractivity contribution is -0.107. The molecule has 0 unspecified atom stereocenters. The van der Waals surface area contributed by atoms with Crippen molar-refractivity contribution >= 4 is 12.1 Å². The monoisotopic (exact) mass is 249 g/mol. The summed E-state index contributed by atoms with van der Waals surface area (Å²) >= 11 is 0. The summed E-state index contributed by atoms with van der Waals surface area (Å²) in [6.45, 7) is 0.692. The van der Waals surface area contributed by atoms with E-state index in [1.54, 1.807) is 17.0 Å². The lowest BCUT2D eigenvalue weighted by atomic mass is 9.87. The smallest absolute Gasteiger partial charge is 0.214 e. The number of benzene rings is 1. The van der Waals surface area contributed by atoms with E-state index >= 15 is 0 Å². The Hall–Kier alpha value is -1.38. The van der Waals surface area contributed by atoms with E-state index in [0.717, 1.165) is 18.7 Å². The van der Waals surface area contributed by atoms with E-state index in [4.69, 9.17) is 0 Å². The van der Waals surface area contributed by atoms with Crippen LogP contribution in [0.3, 0.4) is 0 Å². The molecule has 0 aliphatic heterocycles. The zero-order valence-electron chi connectivity index (χ0n) is 10.6. The van der Waals surface area contributed by atoms with Crippen LogP contribution in [0.1, 0.15) is 38.5 Å². The third-order valence-corrected chi connectivity index (χ3v) is 3.77. The van der Waals surface area contributed by atoms with E-state index in [1.807, 2.05) is 0 Å². The first-order valence-electron chi connectivity index (χ1n) is 6.77. The van der Waals surface area contributed by atoms with E-state index in [-0.39, 0.29) is 5.82 Å². The van der Waals surface area contributed by atoms with Crippen molar-refractivity contribution in [3.8, 4) is 0 Å². The van der Waals surface area contributed by atoms with Gasteiger partial charge in [-0.3, -0.25) is 4.79 Å². The summed E-state index contributed by atoms with van der Waals surface area (Å²) in [5.41, 5.74) is 0.654. The molecule has 1 saturated carbocycles. The Kier molecular flexibility index (Phi) is 4.73. The molecule has 0 spiro atoms. The SMILES string of the molecule is O=CN(CCC1CCCCC1)c1cccc(F)c1. The lowest BCUT2D eigenvalue weighted by Gasteiger charge is -2.24. The van der Waals surface area contributed by atoms with Crippen LogP contribution < -0.4 is 4.90 Å². The molecule has 3 heteroatoms. The van der Waals surface area contributed by atoms with Gasteiger partial charge in [0.25, 0.3) is 0 Å². The molecule has 1 aliphatic carbocycles. The van der Waals surface area contributed by atoms with Crippen LogP contribution in [0.15, 0.2) is 24.3 Å². The molecule has 1 aromatic rings. The Morgan fingerprint density at radius 1 is 1.28 bits per heavy atom. The van der Waals surface area contributed by atoms with Crippen LogP contribution in [0, 0.1) is 11.7 Å². The van der Waals surface area contributed by atoms with Gasteiger partial charge in [0.1, 0.15) is 5.82 Å². The Morgan fingerprint density at radius 3 is 2.72 bits per heavy atom. The van der Waals surface area contributed by atoms with Crippen molar-refractivity contribution in [2.75, 3.05) is 11.4 Å². The molecule has 0 radical (unpaired) electrons. The summed E-state index contributed by atoms with van der Waals surface area (Å²) in [5, 5.41) is 0. The number of carbonyl (C=O) groups excluding carboxylic acids is 1. The molecular formula is C15H20FNO. The molecule has 0 atom stereocenters. The van der Waals surface area contributed by atoms with E-state index in [2.05, 4.69) is 0 Å². The normalized spacial score (nSPS) is 16.5. The molecule has 18 heavy (non-hydrogen) atoms. The van der Waals surface area contributed by atoms with Crippen LogP contribution in [0.25, 0.3) is 0 Å². The van der Waals surface area contributed by atoms with Crippen molar-refractivity contribution in [3.63, 3.8) is 0 Å². The second-order valence-electron chi connectivity index (χ2n) is 5.07. The first-order chi connectivity index (χ1) is 8.79. The van der Waals surface area contributed by atoms with Gasteiger partial charge in [-0.25, -0.2) is 4.39 Å². The van der Waals surface area contributed by atoms with Crippen molar-refractivity contribution in [2.24, 2.45) is 5.92 Å². The van der Waals surface area contributed by atoms with Gasteiger partial charge >= 0.3 is 0 Å². The number of hydrogen-bond donors (Lipinski definition) is 0. The van der Waals surface area contributed by atoms with Gasteiger partial charge in [0.05, 0.1) is 0 Å². The predicted molar refractivity (Wildman–Crippen MR) is 71.0 cm³/mol. The highest BCUT2D eigenvalue weighted by Crippen LogP contribution is 2.27. The molecule has 0 heterocycles. The first-order valence-corrected chi connectivity index (χ1v) is 6.77. The quantitative estimate of drug-likeness (QED) is 0.728. The van der Waals surface area contributed by atoms with Gasteiger partial charge in [0, 0.05) is 12.2 Å². The molecule has 0 N–H and O–H groups in total. The Balaban J connectivity index is 1.90. The number of rotatable bonds is 5. The summed E-state index contributed by atoms with van der Waals surface area (Å²) < 4.78 is 13.1. The molecule has 0 aromatic heterocycles. The summed E-state index contributed by atoms with van der Waals surface area (Å²) in [4.78, 5) is 12.7. The van der Waals surface area contributed by atoms with Gasteiger partial charge in [-0.1, -0.05) is 38.2 Å². The number of carbonyl (C=O) groups is 1. The number of amides is 1. The molecule has 2 nitrogen and oxygen atoms in total. The summed E-state index contributed by atoms with van der Waals surface area (Å²) in [6.07, 6.45) is 8.34. The maximum atomic E-state index is 13.1. The third-order valence-electron chi connectivity index (χ3n) is 3.77. The zero-order chi connectivity index (χ0) is 12.8. The highest BCUT2D eigenvalue weighted by molar-refractivity contribution is 5.74. The van der Waals surface area contributed by atoms with Crippen molar-refractivity contribution in [3.05, 3.63) is 30.1 Å². The molecule has 1 fully saturated rings. The van der Waals surface area contributed by atoms with Crippen molar-refractivity contribution in [2.45, 2.75) is 38.5 Å². The molecule has 1 aromatic carbocycles. The van der Waals surface area contributed by atoms with Gasteiger partial charge in [0.2, 0.25) is 6.41 Å².